The molecule has 0 aliphatic carbocycles. The van der Waals surface area contributed by atoms with E-state index in [2.05, 4.69) is 16.8 Å². The fourth-order valence-corrected chi connectivity index (χ4v) is 1.45. The minimum Gasteiger partial charge on any atom is -0.359 e. The van der Waals surface area contributed by atoms with Crippen molar-refractivity contribution in [3.05, 3.63) is 11.2 Å². The smallest absolute Gasteiger partial charge is 0.105 e. The Hall–Kier alpha value is -0.480. The third-order valence-corrected chi connectivity index (χ3v) is 2.12. The monoisotopic (exact) mass is 171 g/mol. The molecule has 0 aromatic heterocycles. The number of hydrogen-bond acceptors (Lipinski definition) is 4. The molecule has 0 saturated carbocycles. The van der Waals surface area contributed by atoms with Gasteiger partial charge >= 0.3 is 0 Å². The molecule has 1 aliphatic heterocycles. The molecule has 0 fully saturated rings. The molecular weight excluding hydrogens is 158 g/mol. The van der Waals surface area contributed by atoms with Crippen molar-refractivity contribution in [3.8, 4) is 0 Å². The molecule has 0 spiro atoms. The Balaban J connectivity index is 2.52. The molecule has 4 heteroatoms. The molecule has 0 aromatic carbocycles. The lowest BCUT2D eigenvalue weighted by Gasteiger charge is -2.24. The summed E-state index contributed by atoms with van der Waals surface area (Å²) >= 11 is 1.27. The predicted octanol–water partition coefficient (Wildman–Crippen LogP) is 1.19. The molecule has 0 aromatic rings. The van der Waals surface area contributed by atoms with Crippen LogP contribution >= 0.6 is 11.9 Å². The average Bonchev–Trinajstić information content (AvgIpc) is 2.06. The molecule has 0 atom stereocenters. The first-order chi connectivity index (χ1) is 5.38. The van der Waals surface area contributed by atoms with Crippen LogP contribution in [0.3, 0.4) is 0 Å². The number of rotatable bonds is 3. The van der Waals surface area contributed by atoms with Crippen LogP contribution in [0, 0.1) is 0 Å². The van der Waals surface area contributed by atoms with Gasteiger partial charge in [-0.15, -0.1) is 0 Å². The van der Waals surface area contributed by atoms with Gasteiger partial charge in [-0.1, -0.05) is 6.92 Å². The van der Waals surface area contributed by atoms with Gasteiger partial charge in [-0.2, -0.15) is 0 Å². The number of aliphatic imine (C=N–C) groups is 1. The second-order valence-electron chi connectivity index (χ2n) is 2.36. The molecule has 0 saturated heterocycles. The Labute approximate surface area is 71.5 Å². The fourth-order valence-electron chi connectivity index (χ4n) is 1.01. The maximum absolute atomic E-state index is 5.46. The molecule has 0 bridgehead atoms. The zero-order chi connectivity index (χ0) is 8.10. The summed E-state index contributed by atoms with van der Waals surface area (Å²) < 4.78 is 0. The van der Waals surface area contributed by atoms with Crippen LogP contribution in [0.1, 0.15) is 13.3 Å². The number of nitrogens with two attached hydrogens (primary N) is 1. The van der Waals surface area contributed by atoms with Gasteiger partial charge in [-0.25, -0.2) is 0 Å². The van der Waals surface area contributed by atoms with Crippen LogP contribution in [-0.2, 0) is 0 Å². The molecule has 0 unspecified atom stereocenters. The van der Waals surface area contributed by atoms with Crippen molar-refractivity contribution >= 4 is 18.2 Å². The second-order valence-corrected chi connectivity index (χ2v) is 3.02. The van der Waals surface area contributed by atoms with Crippen molar-refractivity contribution in [1.29, 1.82) is 0 Å². The Morgan fingerprint density at radius 1 is 1.82 bits per heavy atom. The number of hydrogen-bond donors (Lipinski definition) is 1. The molecule has 11 heavy (non-hydrogen) atoms. The van der Waals surface area contributed by atoms with Crippen molar-refractivity contribution < 1.29 is 0 Å². The standard InChI is InChI=1S/C7H13N3S/c1-2-4-10-5-3-9-6-7(10)11-8/h3,6H,2,4-5,8H2,1H3. The van der Waals surface area contributed by atoms with E-state index in [0.29, 0.717) is 0 Å². The topological polar surface area (TPSA) is 41.6 Å². The quantitative estimate of drug-likeness (QED) is 0.648. The Morgan fingerprint density at radius 2 is 2.64 bits per heavy atom. The second kappa shape index (κ2) is 4.41. The van der Waals surface area contributed by atoms with Crippen molar-refractivity contribution in [2.75, 3.05) is 13.1 Å². The Bertz CT molecular complexity index is 177. The predicted molar refractivity (Wildman–Crippen MR) is 50.2 cm³/mol. The van der Waals surface area contributed by atoms with E-state index in [-0.39, 0.29) is 0 Å². The molecule has 1 rings (SSSR count). The van der Waals surface area contributed by atoms with Crippen LogP contribution in [0.5, 0.6) is 0 Å². The molecule has 62 valence electrons. The van der Waals surface area contributed by atoms with E-state index in [0.717, 1.165) is 24.5 Å². The first-order valence-electron chi connectivity index (χ1n) is 3.72. The van der Waals surface area contributed by atoms with E-state index in [1.54, 1.807) is 0 Å². The summed E-state index contributed by atoms with van der Waals surface area (Å²) in [5.74, 6) is 0. The van der Waals surface area contributed by atoms with Crippen LogP contribution < -0.4 is 5.14 Å². The van der Waals surface area contributed by atoms with Crippen LogP contribution in [0.15, 0.2) is 16.2 Å². The van der Waals surface area contributed by atoms with Gasteiger partial charge in [0.25, 0.3) is 0 Å². The molecule has 3 nitrogen and oxygen atoms in total. The Kier molecular flexibility index (Phi) is 3.45. The van der Waals surface area contributed by atoms with Gasteiger partial charge < -0.3 is 4.90 Å². The summed E-state index contributed by atoms with van der Waals surface area (Å²) in [5, 5.41) is 6.52. The van der Waals surface area contributed by atoms with Crippen molar-refractivity contribution in [2.24, 2.45) is 10.1 Å². The fraction of sp³-hybridized carbons (Fsp3) is 0.571. The largest absolute Gasteiger partial charge is 0.359 e. The first-order valence-corrected chi connectivity index (χ1v) is 4.60. The van der Waals surface area contributed by atoms with E-state index in [9.17, 15) is 0 Å². The lowest BCUT2D eigenvalue weighted by atomic mass is 10.4. The average molecular weight is 171 g/mol. The van der Waals surface area contributed by atoms with Crippen molar-refractivity contribution in [1.82, 2.24) is 4.90 Å². The summed E-state index contributed by atoms with van der Waals surface area (Å²) in [6, 6.07) is 0. The van der Waals surface area contributed by atoms with E-state index in [1.807, 2.05) is 12.4 Å². The van der Waals surface area contributed by atoms with Crippen molar-refractivity contribution in [2.45, 2.75) is 13.3 Å². The van der Waals surface area contributed by atoms with Gasteiger partial charge in [0.1, 0.15) is 5.03 Å². The highest BCUT2D eigenvalue weighted by Gasteiger charge is 2.08. The zero-order valence-corrected chi connectivity index (χ0v) is 7.47. The van der Waals surface area contributed by atoms with Gasteiger partial charge in [0.05, 0.1) is 12.7 Å². The molecule has 0 amide bonds. The summed E-state index contributed by atoms with van der Waals surface area (Å²) in [4.78, 5) is 6.25. The summed E-state index contributed by atoms with van der Waals surface area (Å²) in [7, 11) is 0. The highest BCUT2D eigenvalue weighted by molar-refractivity contribution is 8.00. The molecule has 2 N–H and O–H groups in total. The molecular formula is C7H13N3S. The van der Waals surface area contributed by atoms with E-state index >= 15 is 0 Å². The third-order valence-electron chi connectivity index (χ3n) is 1.52. The van der Waals surface area contributed by atoms with Gasteiger partial charge in [0.15, 0.2) is 0 Å². The normalized spacial score (nSPS) is 16.9. The van der Waals surface area contributed by atoms with E-state index in [4.69, 9.17) is 5.14 Å². The van der Waals surface area contributed by atoms with Gasteiger partial charge in [0.2, 0.25) is 0 Å². The van der Waals surface area contributed by atoms with Gasteiger partial charge in [0, 0.05) is 12.8 Å². The minimum atomic E-state index is 0.893. The van der Waals surface area contributed by atoms with Crippen molar-refractivity contribution in [3.63, 3.8) is 0 Å². The molecule has 1 heterocycles. The van der Waals surface area contributed by atoms with Gasteiger partial charge in [-0.3, -0.25) is 10.1 Å². The SMILES string of the molecule is CCCN1CC=NC=C1SN. The lowest BCUT2D eigenvalue weighted by molar-refractivity contribution is 0.414. The summed E-state index contributed by atoms with van der Waals surface area (Å²) in [6.07, 6.45) is 4.85. The summed E-state index contributed by atoms with van der Waals surface area (Å²) in [5.41, 5.74) is 0. The first kappa shape index (κ1) is 8.62. The lowest BCUT2D eigenvalue weighted by Crippen LogP contribution is -2.27. The van der Waals surface area contributed by atoms with Crippen LogP contribution in [0.4, 0.5) is 0 Å². The molecule has 1 aliphatic rings. The minimum absolute atomic E-state index is 0.893. The maximum Gasteiger partial charge on any atom is 0.105 e. The maximum atomic E-state index is 5.46. The zero-order valence-electron chi connectivity index (χ0n) is 6.66. The summed E-state index contributed by atoms with van der Waals surface area (Å²) in [6.45, 7) is 4.11. The van der Waals surface area contributed by atoms with E-state index in [1.165, 1.54) is 11.9 Å². The highest BCUT2D eigenvalue weighted by atomic mass is 32.2. The van der Waals surface area contributed by atoms with Crippen LogP contribution in [-0.4, -0.2) is 24.2 Å². The molecule has 0 radical (unpaired) electrons. The van der Waals surface area contributed by atoms with Crippen LogP contribution in [0.2, 0.25) is 0 Å². The third kappa shape index (κ3) is 2.24. The number of nitrogens with zero attached hydrogens (tertiary/aromatic N) is 2. The van der Waals surface area contributed by atoms with Gasteiger partial charge in [-0.05, 0) is 18.4 Å². The Morgan fingerprint density at radius 3 is 3.27 bits per heavy atom. The highest BCUT2D eigenvalue weighted by Crippen LogP contribution is 2.16. The van der Waals surface area contributed by atoms with E-state index < -0.39 is 0 Å². The van der Waals surface area contributed by atoms with Crippen LogP contribution in [0.25, 0.3) is 0 Å².